The van der Waals surface area contributed by atoms with Gasteiger partial charge in [0.15, 0.2) is 6.19 Å². The molecule has 3 aromatic rings. The topological polar surface area (TPSA) is 198 Å². The van der Waals surface area contributed by atoms with Crippen LogP contribution in [0.15, 0.2) is 45.8 Å². The average molecular weight is 458 g/mol. The number of para-hydroxylation sites is 1. The van der Waals surface area contributed by atoms with Gasteiger partial charge in [0.1, 0.15) is 47.4 Å². The summed E-state index contributed by atoms with van der Waals surface area (Å²) in [4.78, 5) is 20.4. The third-order valence-electron chi connectivity index (χ3n) is 4.99. The van der Waals surface area contributed by atoms with Gasteiger partial charge in [-0.3, -0.25) is 5.32 Å². The monoisotopic (exact) mass is 458 g/mol. The van der Waals surface area contributed by atoms with Crippen molar-refractivity contribution in [2.45, 2.75) is 12.6 Å². The molecule has 4 rings (SSSR count). The van der Waals surface area contributed by atoms with Crippen molar-refractivity contribution in [3.8, 4) is 18.0 Å². The molecule has 0 fully saturated rings. The number of carbonyl (C=O) groups excluding carboxylic acids is 1. The number of rotatable bonds is 5. The summed E-state index contributed by atoms with van der Waals surface area (Å²) < 4.78 is 16.0. The van der Waals surface area contributed by atoms with E-state index in [1.54, 1.807) is 36.5 Å². The predicted molar refractivity (Wildman–Crippen MR) is 120 cm³/mol. The van der Waals surface area contributed by atoms with Crippen LogP contribution in [0.25, 0.3) is 0 Å². The number of aromatic nitrogens is 1. The van der Waals surface area contributed by atoms with E-state index in [1.807, 2.05) is 6.07 Å². The number of hydrogen-bond donors (Lipinski definition) is 4. The van der Waals surface area contributed by atoms with Gasteiger partial charge in [-0.25, -0.2) is 14.8 Å². The van der Waals surface area contributed by atoms with E-state index in [0.717, 1.165) is 0 Å². The Morgan fingerprint density at radius 3 is 2.79 bits per heavy atom. The van der Waals surface area contributed by atoms with E-state index in [0.29, 0.717) is 22.6 Å². The van der Waals surface area contributed by atoms with Crippen LogP contribution in [-0.4, -0.2) is 24.0 Å². The lowest BCUT2D eigenvalue weighted by atomic mass is 9.94. The summed E-state index contributed by atoms with van der Waals surface area (Å²) in [5, 5.41) is 23.9. The molecule has 34 heavy (non-hydrogen) atoms. The Balaban J connectivity index is 1.73. The van der Waals surface area contributed by atoms with Crippen LogP contribution in [-0.2, 0) is 11.3 Å². The van der Waals surface area contributed by atoms with Crippen LogP contribution in [0.1, 0.15) is 39.0 Å². The number of fused-ring (bicyclic) bond motifs is 1. The molecule has 12 nitrogen and oxygen atoms in total. The quantitative estimate of drug-likeness (QED) is 0.248. The maximum atomic E-state index is 11.6. The minimum absolute atomic E-state index is 0.0117. The number of furan rings is 1. The lowest BCUT2D eigenvalue weighted by Gasteiger charge is -2.27. The number of nitrogens with zero attached hydrogens (tertiary/aromatic N) is 4. The molecule has 3 heterocycles. The maximum absolute atomic E-state index is 11.6. The fourth-order valence-corrected chi connectivity index (χ4v) is 3.46. The Kier molecular flexibility index (Phi) is 5.88. The Labute approximate surface area is 193 Å². The van der Waals surface area contributed by atoms with Crippen LogP contribution in [0, 0.1) is 22.8 Å². The molecule has 6 N–H and O–H groups in total. The number of nitrogens with two attached hydrogens (primary N) is 2. The lowest BCUT2D eigenvalue weighted by molar-refractivity contribution is 0.0561. The van der Waals surface area contributed by atoms with Gasteiger partial charge < -0.3 is 30.7 Å². The highest BCUT2D eigenvalue weighted by Crippen LogP contribution is 2.43. The number of nitriles is 2. The minimum atomic E-state index is -0.772. The van der Waals surface area contributed by atoms with E-state index in [4.69, 9.17) is 25.9 Å². The molecule has 0 aliphatic carbocycles. The van der Waals surface area contributed by atoms with Crippen molar-refractivity contribution in [3.63, 3.8) is 0 Å². The third kappa shape index (κ3) is 3.99. The van der Waals surface area contributed by atoms with Crippen molar-refractivity contribution in [1.29, 1.82) is 10.5 Å². The maximum Gasteiger partial charge on any atom is 0.373 e. The Morgan fingerprint density at radius 2 is 2.06 bits per heavy atom. The van der Waals surface area contributed by atoms with E-state index in [-0.39, 0.29) is 41.2 Å². The molecule has 1 atom stereocenters. The largest absolute Gasteiger partial charge is 0.485 e. The Morgan fingerprint density at radius 1 is 1.26 bits per heavy atom. The summed E-state index contributed by atoms with van der Waals surface area (Å²) in [7, 11) is 1.26. The highest BCUT2D eigenvalue weighted by Gasteiger charge is 2.31. The molecule has 170 valence electrons. The molecule has 1 aromatic carbocycles. The number of methoxy groups -OCH3 is 1. The number of carbonyl (C=O) groups is 1. The molecule has 0 radical (unpaired) electrons. The second-order valence-electron chi connectivity index (χ2n) is 6.99. The van der Waals surface area contributed by atoms with Crippen molar-refractivity contribution >= 4 is 29.3 Å². The first-order chi connectivity index (χ1) is 16.5. The summed E-state index contributed by atoms with van der Waals surface area (Å²) in [6.45, 7) is 0.0117. The van der Waals surface area contributed by atoms with Gasteiger partial charge in [-0.2, -0.15) is 10.5 Å². The molecule has 0 saturated carbocycles. The number of pyridine rings is 1. The van der Waals surface area contributed by atoms with Crippen molar-refractivity contribution < 1.29 is 18.7 Å². The number of ether oxygens (including phenoxy) is 2. The first-order valence-electron chi connectivity index (χ1n) is 9.84. The first kappa shape index (κ1) is 22.0. The van der Waals surface area contributed by atoms with Crippen molar-refractivity contribution in [1.82, 2.24) is 10.3 Å². The van der Waals surface area contributed by atoms with Gasteiger partial charge in [-0.15, -0.1) is 0 Å². The fraction of sp³-hybridized carbons (Fsp3) is 0.136. The number of esters is 1. The van der Waals surface area contributed by atoms with E-state index >= 15 is 0 Å². The van der Waals surface area contributed by atoms with Gasteiger partial charge in [0.05, 0.1) is 12.8 Å². The summed E-state index contributed by atoms with van der Waals surface area (Å²) in [6, 6.07) is 11.3. The number of nitrogens with one attached hydrogen (secondary N) is 2. The van der Waals surface area contributed by atoms with Crippen LogP contribution in [0.5, 0.6) is 5.75 Å². The lowest BCUT2D eigenvalue weighted by Crippen LogP contribution is -2.32. The second kappa shape index (κ2) is 9.10. The van der Waals surface area contributed by atoms with Gasteiger partial charge in [0.2, 0.25) is 11.7 Å². The molecule has 1 aliphatic heterocycles. The van der Waals surface area contributed by atoms with Crippen molar-refractivity contribution in [2.24, 2.45) is 4.99 Å². The number of guanidine groups is 1. The second-order valence-corrected chi connectivity index (χ2v) is 6.99. The van der Waals surface area contributed by atoms with Gasteiger partial charge in [-0.1, -0.05) is 18.2 Å². The minimum Gasteiger partial charge on any atom is -0.485 e. The SMILES string of the molecule is COC(=O)c1ccc(COc2ccccc2C2N=C(NC#N)Nc3nc(N)c(C#N)c(N)c32)o1. The highest BCUT2D eigenvalue weighted by atomic mass is 16.5. The summed E-state index contributed by atoms with van der Waals surface area (Å²) >= 11 is 0. The molecule has 1 aliphatic rings. The number of benzene rings is 1. The normalized spacial score (nSPS) is 14.0. The predicted octanol–water partition coefficient (Wildman–Crippen LogP) is 2.02. The van der Waals surface area contributed by atoms with Gasteiger partial charge >= 0.3 is 5.97 Å². The van der Waals surface area contributed by atoms with E-state index in [1.165, 1.54) is 13.2 Å². The third-order valence-corrected chi connectivity index (χ3v) is 4.99. The zero-order chi connectivity index (χ0) is 24.2. The van der Waals surface area contributed by atoms with Crippen LogP contribution in [0.4, 0.5) is 17.3 Å². The molecule has 0 saturated heterocycles. The van der Waals surface area contributed by atoms with Crippen molar-refractivity contribution in [3.05, 3.63) is 64.6 Å². The van der Waals surface area contributed by atoms with Crippen LogP contribution >= 0.6 is 0 Å². The molecule has 0 spiro atoms. The smallest absolute Gasteiger partial charge is 0.373 e. The summed E-state index contributed by atoms with van der Waals surface area (Å²) in [6.07, 6.45) is 1.80. The molecule has 0 bridgehead atoms. The molecule has 12 heteroatoms. The zero-order valence-electron chi connectivity index (χ0n) is 17.8. The standard InChI is InChI=1S/C22H18N8O4/c1-32-21(31)15-7-6-11(34-15)9-33-14-5-3-2-4-12(14)18-16-17(25)13(8-23)19(26)29-20(16)30-22(28-18)27-10-24/h2-7,18H,9H2,1H3,(H6,25,26,27,28,29,30). The number of aliphatic imine (C=N–C) groups is 1. The molecular formula is C22H18N8O4. The van der Waals surface area contributed by atoms with Crippen molar-refractivity contribution in [2.75, 3.05) is 23.9 Å². The van der Waals surface area contributed by atoms with Crippen LogP contribution in [0.3, 0.4) is 0 Å². The van der Waals surface area contributed by atoms with E-state index in [2.05, 4.69) is 25.3 Å². The molecule has 2 aromatic heterocycles. The summed E-state index contributed by atoms with van der Waals surface area (Å²) in [5.74, 6) is 0.629. The molecule has 1 unspecified atom stereocenters. The zero-order valence-corrected chi connectivity index (χ0v) is 17.8. The van der Waals surface area contributed by atoms with Crippen LogP contribution < -0.4 is 26.8 Å². The molecule has 0 amide bonds. The first-order valence-corrected chi connectivity index (χ1v) is 9.84. The summed E-state index contributed by atoms with van der Waals surface area (Å²) in [5.41, 5.74) is 13.3. The molecular weight excluding hydrogens is 440 g/mol. The Bertz CT molecular complexity index is 1380. The van der Waals surface area contributed by atoms with E-state index in [9.17, 15) is 10.1 Å². The Hall–Kier alpha value is -5.23. The fourth-order valence-electron chi connectivity index (χ4n) is 3.46. The average Bonchev–Trinajstić information content (AvgIpc) is 3.31. The van der Waals surface area contributed by atoms with Crippen LogP contribution in [0.2, 0.25) is 0 Å². The van der Waals surface area contributed by atoms with Gasteiger partial charge in [0, 0.05) is 11.1 Å². The van der Waals surface area contributed by atoms with Gasteiger partial charge in [0.25, 0.3) is 0 Å². The van der Waals surface area contributed by atoms with Gasteiger partial charge in [-0.05, 0) is 18.2 Å². The number of nitrogen functional groups attached to an aromatic ring is 2. The highest BCUT2D eigenvalue weighted by molar-refractivity contribution is 5.98. The number of hydrogen-bond acceptors (Lipinski definition) is 12. The van der Waals surface area contributed by atoms with E-state index < -0.39 is 12.0 Å². The number of anilines is 3.